The number of hydrogen-bond acceptors (Lipinski definition) is 5. The second-order valence-corrected chi connectivity index (χ2v) is 9.84. The maximum Gasteiger partial charge on any atom is 0.320 e. The number of H-pyrrole nitrogens is 1. The van der Waals surface area contributed by atoms with Gasteiger partial charge >= 0.3 is 6.03 Å². The molecule has 8 heteroatoms. The van der Waals surface area contributed by atoms with Crippen LogP contribution in [0.15, 0.2) is 48.7 Å². The SMILES string of the molecule is CN(c1ccccc1)c1ccc(C2CN(C(=O)N3CCC(c4nc(C5CC5)n[nH]4)CC3)C2)cn1. The maximum absolute atomic E-state index is 13.0. The largest absolute Gasteiger partial charge is 0.329 e. The molecule has 1 N–H and O–H groups in total. The molecule has 0 radical (unpaired) electrons. The van der Waals surface area contributed by atoms with Crippen LogP contribution in [0.4, 0.5) is 16.3 Å². The first-order valence-electron chi connectivity index (χ1n) is 12.4. The van der Waals surface area contributed by atoms with E-state index < -0.39 is 0 Å². The summed E-state index contributed by atoms with van der Waals surface area (Å²) in [5, 5.41) is 7.54. The van der Waals surface area contributed by atoms with Crippen LogP contribution in [0.5, 0.6) is 0 Å². The van der Waals surface area contributed by atoms with Gasteiger partial charge in [-0.25, -0.2) is 14.8 Å². The van der Waals surface area contributed by atoms with Crippen molar-refractivity contribution in [1.82, 2.24) is 30.0 Å². The molecule has 2 saturated heterocycles. The van der Waals surface area contributed by atoms with Gasteiger partial charge in [-0.2, -0.15) is 5.10 Å². The van der Waals surface area contributed by atoms with Crippen molar-refractivity contribution in [3.63, 3.8) is 0 Å². The average Bonchev–Trinajstić information content (AvgIpc) is 3.60. The van der Waals surface area contributed by atoms with Crippen molar-refractivity contribution >= 4 is 17.5 Å². The highest BCUT2D eigenvalue weighted by Crippen LogP contribution is 2.39. The van der Waals surface area contributed by atoms with Crippen LogP contribution in [0.25, 0.3) is 0 Å². The van der Waals surface area contributed by atoms with E-state index in [2.05, 4.69) is 44.3 Å². The number of likely N-dealkylation sites (tertiary alicyclic amines) is 2. The molecule has 0 unspecified atom stereocenters. The lowest BCUT2D eigenvalue weighted by Gasteiger charge is -2.43. The Morgan fingerprint density at radius 2 is 1.71 bits per heavy atom. The van der Waals surface area contributed by atoms with E-state index in [4.69, 9.17) is 4.98 Å². The molecule has 8 nitrogen and oxygen atoms in total. The topological polar surface area (TPSA) is 81.2 Å². The van der Waals surface area contributed by atoms with Gasteiger partial charge in [0.15, 0.2) is 5.82 Å². The van der Waals surface area contributed by atoms with E-state index in [1.165, 1.54) is 18.4 Å². The van der Waals surface area contributed by atoms with Gasteiger partial charge in [0.05, 0.1) is 0 Å². The Kier molecular flexibility index (Phi) is 5.43. The number of benzene rings is 1. The van der Waals surface area contributed by atoms with Crippen molar-refractivity contribution in [2.45, 2.75) is 43.4 Å². The zero-order valence-electron chi connectivity index (χ0n) is 19.6. The molecule has 0 spiro atoms. The predicted octanol–water partition coefficient (Wildman–Crippen LogP) is 4.24. The van der Waals surface area contributed by atoms with Gasteiger partial charge in [0.25, 0.3) is 0 Å². The van der Waals surface area contributed by atoms with E-state index in [9.17, 15) is 4.79 Å². The Morgan fingerprint density at radius 1 is 0.941 bits per heavy atom. The van der Waals surface area contributed by atoms with Crippen LogP contribution in [0.2, 0.25) is 0 Å². The first kappa shape index (κ1) is 21.1. The van der Waals surface area contributed by atoms with E-state index >= 15 is 0 Å². The van der Waals surface area contributed by atoms with Crippen molar-refractivity contribution in [1.29, 1.82) is 0 Å². The Morgan fingerprint density at radius 3 is 2.38 bits per heavy atom. The van der Waals surface area contributed by atoms with E-state index in [-0.39, 0.29) is 6.03 Å². The molecule has 34 heavy (non-hydrogen) atoms. The lowest BCUT2D eigenvalue weighted by atomic mass is 9.92. The number of aromatic amines is 1. The molecule has 2 aliphatic heterocycles. The summed E-state index contributed by atoms with van der Waals surface area (Å²) in [7, 11) is 2.03. The monoisotopic (exact) mass is 457 g/mol. The number of rotatable bonds is 5. The molecular formula is C26H31N7O. The summed E-state index contributed by atoms with van der Waals surface area (Å²) < 4.78 is 0. The van der Waals surface area contributed by atoms with Gasteiger partial charge in [-0.1, -0.05) is 24.3 Å². The fourth-order valence-corrected chi connectivity index (χ4v) is 5.01. The summed E-state index contributed by atoms with van der Waals surface area (Å²) in [6, 6.07) is 14.6. The van der Waals surface area contributed by atoms with E-state index in [0.29, 0.717) is 17.8 Å². The smallest absolute Gasteiger partial charge is 0.320 e. The van der Waals surface area contributed by atoms with Crippen molar-refractivity contribution in [2.24, 2.45) is 0 Å². The third-order valence-electron chi connectivity index (χ3n) is 7.50. The molecule has 3 fully saturated rings. The summed E-state index contributed by atoms with van der Waals surface area (Å²) in [5.41, 5.74) is 2.31. The van der Waals surface area contributed by atoms with Gasteiger partial charge in [0.2, 0.25) is 0 Å². The normalized spacial score (nSPS) is 19.2. The van der Waals surface area contributed by atoms with Crippen LogP contribution >= 0.6 is 0 Å². The van der Waals surface area contributed by atoms with Crippen LogP contribution in [0.1, 0.15) is 60.6 Å². The number of urea groups is 1. The minimum atomic E-state index is 0.166. The molecule has 3 aliphatic rings. The third-order valence-corrected chi connectivity index (χ3v) is 7.50. The second kappa shape index (κ2) is 8.74. The van der Waals surface area contributed by atoms with Crippen molar-refractivity contribution in [3.05, 3.63) is 65.9 Å². The number of anilines is 2. The number of aromatic nitrogens is 4. The molecule has 1 saturated carbocycles. The van der Waals surface area contributed by atoms with Crippen LogP contribution in [0.3, 0.4) is 0 Å². The summed E-state index contributed by atoms with van der Waals surface area (Å²) in [4.78, 5) is 28.4. The molecule has 3 aromatic rings. The Bertz CT molecular complexity index is 1130. The van der Waals surface area contributed by atoms with Crippen LogP contribution < -0.4 is 4.90 Å². The molecular weight excluding hydrogens is 426 g/mol. The number of nitrogens with zero attached hydrogens (tertiary/aromatic N) is 6. The fraction of sp³-hybridized carbons (Fsp3) is 0.462. The van der Waals surface area contributed by atoms with Crippen LogP contribution in [-0.4, -0.2) is 69.2 Å². The van der Waals surface area contributed by atoms with Crippen LogP contribution in [-0.2, 0) is 0 Å². The molecule has 0 atom stereocenters. The zero-order chi connectivity index (χ0) is 23.1. The summed E-state index contributed by atoms with van der Waals surface area (Å²) in [6.07, 6.45) is 6.28. The minimum absolute atomic E-state index is 0.166. The Hall–Kier alpha value is -3.42. The number of carbonyl (C=O) groups is 1. The van der Waals surface area contributed by atoms with Gasteiger partial charge in [0, 0.05) is 62.9 Å². The third kappa shape index (κ3) is 4.13. The van der Waals surface area contributed by atoms with Gasteiger partial charge in [0.1, 0.15) is 11.6 Å². The van der Waals surface area contributed by atoms with Crippen molar-refractivity contribution in [2.75, 3.05) is 38.1 Å². The Balaban J connectivity index is 0.992. The highest BCUT2D eigenvalue weighted by Gasteiger charge is 2.36. The van der Waals surface area contributed by atoms with Crippen molar-refractivity contribution < 1.29 is 4.79 Å². The zero-order valence-corrected chi connectivity index (χ0v) is 19.6. The summed E-state index contributed by atoms with van der Waals surface area (Å²) in [5.74, 6) is 4.22. The number of para-hydroxylation sites is 1. The lowest BCUT2D eigenvalue weighted by Crippen LogP contribution is -2.55. The molecule has 2 aromatic heterocycles. The molecule has 1 aromatic carbocycles. The van der Waals surface area contributed by atoms with E-state index in [1.54, 1.807) is 0 Å². The number of carbonyl (C=O) groups excluding carboxylic acids is 1. The summed E-state index contributed by atoms with van der Waals surface area (Å²) in [6.45, 7) is 3.10. The average molecular weight is 458 g/mol. The molecule has 4 heterocycles. The van der Waals surface area contributed by atoms with Gasteiger partial charge < -0.3 is 14.7 Å². The molecule has 176 valence electrons. The first-order valence-corrected chi connectivity index (χ1v) is 12.4. The molecule has 6 rings (SSSR count). The van der Waals surface area contributed by atoms with Gasteiger partial charge in [-0.05, 0) is 49.4 Å². The van der Waals surface area contributed by atoms with E-state index in [0.717, 1.165) is 62.2 Å². The first-order chi connectivity index (χ1) is 16.7. The van der Waals surface area contributed by atoms with Crippen molar-refractivity contribution in [3.8, 4) is 0 Å². The molecule has 0 bridgehead atoms. The Labute approximate surface area is 200 Å². The van der Waals surface area contributed by atoms with E-state index in [1.807, 2.05) is 41.2 Å². The second-order valence-electron chi connectivity index (χ2n) is 9.84. The number of pyridine rings is 1. The maximum atomic E-state index is 13.0. The minimum Gasteiger partial charge on any atom is -0.329 e. The molecule has 2 amide bonds. The van der Waals surface area contributed by atoms with Gasteiger partial charge in [-0.3, -0.25) is 5.10 Å². The van der Waals surface area contributed by atoms with Gasteiger partial charge in [-0.15, -0.1) is 0 Å². The number of piperidine rings is 1. The number of nitrogens with one attached hydrogen (secondary N) is 1. The molecule has 1 aliphatic carbocycles. The fourth-order valence-electron chi connectivity index (χ4n) is 5.01. The number of amides is 2. The highest BCUT2D eigenvalue weighted by molar-refractivity contribution is 5.76. The lowest BCUT2D eigenvalue weighted by molar-refractivity contribution is 0.104. The highest BCUT2D eigenvalue weighted by atomic mass is 16.2. The van der Waals surface area contributed by atoms with Crippen LogP contribution in [0, 0.1) is 0 Å². The summed E-state index contributed by atoms with van der Waals surface area (Å²) >= 11 is 0. The quantitative estimate of drug-likeness (QED) is 0.620. The standard InChI is InChI=1S/C26H31N7O/c1-31(22-5-3-2-4-6-22)23-10-9-20(15-27-23)21-16-33(17-21)26(34)32-13-11-19(12-14-32)25-28-24(29-30-25)18-7-8-18/h2-6,9-10,15,18-19,21H,7-8,11-14,16-17H2,1H3,(H,28,29,30). The number of hydrogen-bond donors (Lipinski definition) is 1. The predicted molar refractivity (Wildman–Crippen MR) is 130 cm³/mol.